The number of hydrogen-bond donors (Lipinski definition) is 3. The van der Waals surface area contributed by atoms with Gasteiger partial charge in [-0.25, -0.2) is 9.37 Å². The number of ether oxygens (including phenoxy) is 2. The maximum absolute atomic E-state index is 13.9. The van der Waals surface area contributed by atoms with Crippen LogP contribution in [-0.2, 0) is 4.74 Å². The normalized spacial score (nSPS) is 15.1. The second-order valence-electron chi connectivity index (χ2n) is 5.27. The molecule has 3 heterocycles. The molecule has 0 amide bonds. The third-order valence-electron chi connectivity index (χ3n) is 3.74. The highest BCUT2D eigenvalue weighted by Gasteiger charge is 2.19. The summed E-state index contributed by atoms with van der Waals surface area (Å²) in [5.41, 5.74) is 3.07. The van der Waals surface area contributed by atoms with Gasteiger partial charge in [0.2, 0.25) is 5.88 Å². The molecule has 24 heavy (non-hydrogen) atoms. The number of H-pyrrole nitrogens is 1. The van der Waals surface area contributed by atoms with Gasteiger partial charge in [0.15, 0.2) is 5.82 Å². The molecule has 0 aliphatic carbocycles. The molecule has 3 rings (SSSR count). The van der Waals surface area contributed by atoms with Crippen LogP contribution in [0.4, 0.5) is 10.1 Å². The van der Waals surface area contributed by atoms with Crippen LogP contribution < -0.4 is 10.1 Å². The molecule has 0 fully saturated rings. The fourth-order valence-electron chi connectivity index (χ4n) is 2.55. The first-order valence-corrected chi connectivity index (χ1v) is 7.53. The molecule has 126 valence electrons. The first kappa shape index (κ1) is 16.1. The third kappa shape index (κ3) is 3.43. The lowest BCUT2D eigenvalue weighted by atomic mass is 9.98. The van der Waals surface area contributed by atoms with E-state index in [1.165, 1.54) is 19.4 Å². The van der Waals surface area contributed by atoms with Crippen molar-refractivity contribution >= 4 is 11.4 Å². The van der Waals surface area contributed by atoms with Gasteiger partial charge in [0.25, 0.3) is 0 Å². The maximum atomic E-state index is 13.9. The van der Waals surface area contributed by atoms with E-state index in [1.54, 1.807) is 12.4 Å². The molecule has 0 spiro atoms. The van der Waals surface area contributed by atoms with E-state index in [-0.39, 0.29) is 11.6 Å². The van der Waals surface area contributed by atoms with Crippen molar-refractivity contribution in [3.05, 3.63) is 47.3 Å². The Bertz CT molecular complexity index is 758. The maximum Gasteiger partial charge on any atom is 0.250 e. The smallest absolute Gasteiger partial charge is 0.250 e. The summed E-state index contributed by atoms with van der Waals surface area (Å²) < 4.78 is 24.2. The molecule has 0 bridgehead atoms. The number of aromatic nitrogens is 3. The zero-order valence-corrected chi connectivity index (χ0v) is 13.2. The van der Waals surface area contributed by atoms with Crippen molar-refractivity contribution in [3.8, 4) is 5.88 Å². The molecule has 0 radical (unpaired) electrons. The van der Waals surface area contributed by atoms with Gasteiger partial charge in [0, 0.05) is 30.1 Å². The topological polar surface area (TPSA) is 95.9 Å². The third-order valence-corrected chi connectivity index (χ3v) is 3.74. The van der Waals surface area contributed by atoms with Crippen LogP contribution in [0.1, 0.15) is 18.4 Å². The van der Waals surface area contributed by atoms with Crippen molar-refractivity contribution in [1.82, 2.24) is 15.2 Å². The summed E-state index contributed by atoms with van der Waals surface area (Å²) in [4.78, 5) is 3.91. The summed E-state index contributed by atoms with van der Waals surface area (Å²) in [5, 5.41) is 18.4. The highest BCUT2D eigenvalue weighted by Crippen LogP contribution is 2.24. The number of pyridine rings is 1. The van der Waals surface area contributed by atoms with Crippen LogP contribution in [0.5, 0.6) is 5.88 Å². The molecule has 2 aromatic rings. The quantitative estimate of drug-likeness (QED) is 0.732. The predicted octanol–water partition coefficient (Wildman–Crippen LogP) is 2.50. The van der Waals surface area contributed by atoms with Gasteiger partial charge in [-0.1, -0.05) is 0 Å². The fourth-order valence-corrected chi connectivity index (χ4v) is 2.55. The Morgan fingerprint density at radius 1 is 1.38 bits per heavy atom. The molecule has 8 heteroatoms. The highest BCUT2D eigenvalue weighted by molar-refractivity contribution is 6.11. The summed E-state index contributed by atoms with van der Waals surface area (Å²) in [5.74, 6) is -0.670. The van der Waals surface area contributed by atoms with Gasteiger partial charge >= 0.3 is 0 Å². The van der Waals surface area contributed by atoms with Crippen molar-refractivity contribution in [3.63, 3.8) is 0 Å². The summed E-state index contributed by atoms with van der Waals surface area (Å²) >= 11 is 0. The second-order valence-corrected chi connectivity index (χ2v) is 5.27. The molecular formula is C16H18FN5O2. The molecule has 0 atom stereocenters. The second kappa shape index (κ2) is 7.22. The van der Waals surface area contributed by atoms with Crippen LogP contribution >= 0.6 is 0 Å². The summed E-state index contributed by atoms with van der Waals surface area (Å²) in [6, 6.07) is 1.27. The minimum Gasteiger partial charge on any atom is -0.479 e. The molecule has 0 aromatic carbocycles. The van der Waals surface area contributed by atoms with Gasteiger partial charge in [-0.15, -0.1) is 0 Å². The molecule has 7 nitrogen and oxygen atoms in total. The molecule has 3 N–H and O–H groups in total. The number of hydrogen-bond acceptors (Lipinski definition) is 6. The van der Waals surface area contributed by atoms with E-state index in [1.807, 2.05) is 0 Å². The van der Waals surface area contributed by atoms with Crippen LogP contribution in [0.15, 0.2) is 35.9 Å². The number of rotatable bonds is 5. The van der Waals surface area contributed by atoms with Crippen molar-refractivity contribution in [1.29, 1.82) is 5.41 Å². The largest absolute Gasteiger partial charge is 0.479 e. The Hall–Kier alpha value is -2.74. The van der Waals surface area contributed by atoms with E-state index in [9.17, 15) is 4.39 Å². The number of methoxy groups -OCH3 is 1. The fraction of sp³-hybridized carbons (Fsp3) is 0.312. The SMILES string of the molecule is COc1ncc(C(=N)C2=C(Nc3cn[nH]c3)CCOCC2)cc1F. The van der Waals surface area contributed by atoms with E-state index >= 15 is 0 Å². The van der Waals surface area contributed by atoms with Gasteiger partial charge in [0.1, 0.15) is 0 Å². The van der Waals surface area contributed by atoms with E-state index in [0.717, 1.165) is 17.0 Å². The predicted molar refractivity (Wildman–Crippen MR) is 86.9 cm³/mol. The lowest BCUT2D eigenvalue weighted by molar-refractivity contribution is 0.146. The average Bonchev–Trinajstić information content (AvgIpc) is 2.99. The Balaban J connectivity index is 1.93. The summed E-state index contributed by atoms with van der Waals surface area (Å²) in [6.07, 6.45) is 6.03. The number of aromatic amines is 1. The standard InChI is InChI=1S/C16H18FN5O2/c1-23-16-13(17)6-10(7-19-16)15(18)12-2-4-24-5-3-14(12)22-11-8-20-21-9-11/h6-9,18,22H,2-5H2,1H3,(H,20,21). The molecule has 0 unspecified atom stereocenters. The molecule has 1 aliphatic heterocycles. The van der Waals surface area contributed by atoms with Crippen LogP contribution in [0.25, 0.3) is 0 Å². The van der Waals surface area contributed by atoms with E-state index < -0.39 is 5.82 Å². The Morgan fingerprint density at radius 2 is 2.21 bits per heavy atom. The van der Waals surface area contributed by atoms with Crippen LogP contribution in [0, 0.1) is 11.2 Å². The first-order valence-electron chi connectivity index (χ1n) is 7.53. The molecular weight excluding hydrogens is 313 g/mol. The van der Waals surface area contributed by atoms with Crippen LogP contribution in [0.2, 0.25) is 0 Å². The zero-order chi connectivity index (χ0) is 16.9. The highest BCUT2D eigenvalue weighted by atomic mass is 19.1. The van der Waals surface area contributed by atoms with Gasteiger partial charge in [0.05, 0.1) is 37.9 Å². The zero-order valence-electron chi connectivity index (χ0n) is 13.2. The average molecular weight is 331 g/mol. The van der Waals surface area contributed by atoms with Gasteiger partial charge in [-0.2, -0.15) is 5.10 Å². The van der Waals surface area contributed by atoms with E-state index in [0.29, 0.717) is 31.6 Å². The van der Waals surface area contributed by atoms with Gasteiger partial charge in [-0.3, -0.25) is 10.5 Å². The number of halogens is 1. The minimum absolute atomic E-state index is 0.0820. The molecule has 1 aliphatic rings. The van der Waals surface area contributed by atoms with Crippen molar-refractivity contribution < 1.29 is 13.9 Å². The van der Waals surface area contributed by atoms with Gasteiger partial charge in [-0.05, 0) is 18.1 Å². The first-order chi connectivity index (χ1) is 11.7. The lowest BCUT2D eigenvalue weighted by Crippen LogP contribution is -2.12. The van der Waals surface area contributed by atoms with Crippen molar-refractivity contribution in [2.45, 2.75) is 12.8 Å². The summed E-state index contributed by atoms with van der Waals surface area (Å²) in [6.45, 7) is 1.08. The number of anilines is 1. The Kier molecular flexibility index (Phi) is 4.85. The van der Waals surface area contributed by atoms with Gasteiger partial charge < -0.3 is 14.8 Å². The molecule has 0 saturated heterocycles. The molecule has 0 saturated carbocycles. The number of nitrogens with zero attached hydrogens (tertiary/aromatic N) is 2. The van der Waals surface area contributed by atoms with Crippen molar-refractivity contribution in [2.24, 2.45) is 0 Å². The van der Waals surface area contributed by atoms with E-state index in [2.05, 4.69) is 20.5 Å². The van der Waals surface area contributed by atoms with E-state index in [4.69, 9.17) is 14.9 Å². The minimum atomic E-state index is -0.588. The molecule has 2 aromatic heterocycles. The Morgan fingerprint density at radius 3 is 2.92 bits per heavy atom. The van der Waals surface area contributed by atoms with Crippen LogP contribution in [-0.4, -0.2) is 41.2 Å². The van der Waals surface area contributed by atoms with Crippen molar-refractivity contribution in [2.75, 3.05) is 25.6 Å². The lowest BCUT2D eigenvalue weighted by Gasteiger charge is -2.15. The Labute approximate surface area is 138 Å². The summed E-state index contributed by atoms with van der Waals surface area (Å²) in [7, 11) is 1.36. The van der Waals surface area contributed by atoms with Crippen LogP contribution in [0.3, 0.4) is 0 Å². The monoisotopic (exact) mass is 331 g/mol. The number of nitrogens with one attached hydrogen (secondary N) is 3.